The van der Waals surface area contributed by atoms with E-state index in [2.05, 4.69) is 35.8 Å². The summed E-state index contributed by atoms with van der Waals surface area (Å²) in [4.78, 5) is 5.43. The van der Waals surface area contributed by atoms with E-state index >= 15 is 0 Å². The van der Waals surface area contributed by atoms with Crippen LogP contribution in [0.15, 0.2) is 61.3 Å². The van der Waals surface area contributed by atoms with Crippen molar-refractivity contribution >= 4 is 21.4 Å². The minimum Gasteiger partial charge on any atom is -0.393 e. The molecule has 2 unspecified atom stereocenters. The molecule has 5 heteroatoms. The van der Waals surface area contributed by atoms with Gasteiger partial charge in [0.1, 0.15) is 0 Å². The Morgan fingerprint density at radius 3 is 2.46 bits per heavy atom. The molecule has 0 fully saturated rings. The maximum absolute atomic E-state index is 8.75. The molecular formula is C19H20IrNO2S-. The summed E-state index contributed by atoms with van der Waals surface area (Å²) >= 11 is 1.73. The van der Waals surface area contributed by atoms with Gasteiger partial charge in [0, 0.05) is 38.4 Å². The zero-order chi connectivity index (χ0) is 16.7. The number of thiophene rings is 1. The van der Waals surface area contributed by atoms with Gasteiger partial charge < -0.3 is 15.2 Å². The van der Waals surface area contributed by atoms with Crippen LogP contribution in [0.5, 0.6) is 0 Å². The second kappa shape index (κ2) is 10.5. The van der Waals surface area contributed by atoms with Crippen molar-refractivity contribution in [3.63, 3.8) is 0 Å². The number of hydrogen-bond acceptors (Lipinski definition) is 4. The van der Waals surface area contributed by atoms with Crippen molar-refractivity contribution in [2.24, 2.45) is 0 Å². The van der Waals surface area contributed by atoms with E-state index in [1.807, 2.05) is 30.5 Å². The van der Waals surface area contributed by atoms with Gasteiger partial charge in [-0.1, -0.05) is 30.3 Å². The van der Waals surface area contributed by atoms with Gasteiger partial charge in [-0.3, -0.25) is 0 Å². The number of hydrogen-bond donors (Lipinski definition) is 2. The Hall–Kier alpha value is -1.36. The Morgan fingerprint density at radius 2 is 1.92 bits per heavy atom. The number of benzene rings is 1. The molecule has 129 valence electrons. The molecule has 2 aromatic heterocycles. The first-order chi connectivity index (χ1) is 11.1. The maximum atomic E-state index is 8.75. The second-order valence-electron chi connectivity index (χ2n) is 5.16. The van der Waals surface area contributed by atoms with Gasteiger partial charge in [-0.15, -0.1) is 30.2 Å². The van der Waals surface area contributed by atoms with Gasteiger partial charge in [0.25, 0.3) is 0 Å². The van der Waals surface area contributed by atoms with Crippen LogP contribution in [0, 0.1) is 6.07 Å². The van der Waals surface area contributed by atoms with Crippen molar-refractivity contribution in [2.75, 3.05) is 0 Å². The van der Waals surface area contributed by atoms with Crippen molar-refractivity contribution in [1.82, 2.24) is 4.98 Å². The fourth-order valence-electron chi connectivity index (χ4n) is 1.98. The second-order valence-corrected chi connectivity index (χ2v) is 6.21. The molecule has 0 saturated heterocycles. The normalized spacial score (nSPS) is 12.5. The van der Waals surface area contributed by atoms with Crippen LogP contribution in [-0.2, 0) is 20.1 Å². The predicted molar refractivity (Wildman–Crippen MR) is 96.4 cm³/mol. The molecular weight excluding hydrogens is 498 g/mol. The molecule has 3 nitrogen and oxygen atoms in total. The van der Waals surface area contributed by atoms with Crippen molar-refractivity contribution < 1.29 is 30.3 Å². The van der Waals surface area contributed by atoms with E-state index in [0.717, 1.165) is 10.6 Å². The van der Waals surface area contributed by atoms with E-state index in [0.29, 0.717) is 6.42 Å². The van der Waals surface area contributed by atoms with Crippen LogP contribution in [0.3, 0.4) is 0 Å². The number of rotatable bonds is 4. The van der Waals surface area contributed by atoms with E-state index in [1.54, 1.807) is 18.3 Å². The molecule has 0 aliphatic heterocycles. The predicted octanol–water partition coefficient (Wildman–Crippen LogP) is 4.07. The summed E-state index contributed by atoms with van der Waals surface area (Å²) in [5.74, 6) is 0. The molecule has 2 N–H and O–H groups in total. The number of aliphatic hydroxyl groups excluding tert-OH is 2. The van der Waals surface area contributed by atoms with Crippen LogP contribution in [0.25, 0.3) is 20.7 Å². The quantitative estimate of drug-likeness (QED) is 0.405. The van der Waals surface area contributed by atoms with Gasteiger partial charge in [-0.2, -0.15) is 0 Å². The summed E-state index contributed by atoms with van der Waals surface area (Å²) in [7, 11) is 0. The Morgan fingerprint density at radius 1 is 1.21 bits per heavy atom. The fourth-order valence-corrected chi connectivity index (χ4v) is 2.96. The Labute approximate surface area is 160 Å². The van der Waals surface area contributed by atoms with Gasteiger partial charge in [0.2, 0.25) is 0 Å². The molecule has 3 aromatic rings. The topological polar surface area (TPSA) is 53.4 Å². The standard InChI is InChI=1S/C13H8NS.C6H12O2.Ir/c1-2-7-12-10(5-1)9-13(15-12)11-6-3-4-8-14-11;1-3-6(8)4-5(2)7;/h1-8H;3,5-8H,1,4H2,2H3;/q-1;;. The maximum Gasteiger partial charge on any atom is 0.0742 e. The van der Waals surface area contributed by atoms with Gasteiger partial charge in [-0.25, -0.2) is 11.3 Å². The molecule has 3 rings (SSSR count). The Balaban J connectivity index is 0.000000279. The van der Waals surface area contributed by atoms with Gasteiger partial charge >= 0.3 is 0 Å². The number of aliphatic hydroxyl groups is 2. The van der Waals surface area contributed by atoms with Crippen LogP contribution in [0.1, 0.15) is 13.3 Å². The van der Waals surface area contributed by atoms with Crippen molar-refractivity contribution in [3.8, 4) is 10.6 Å². The van der Waals surface area contributed by atoms with E-state index in [-0.39, 0.29) is 20.1 Å². The third-order valence-electron chi connectivity index (χ3n) is 3.10. The van der Waals surface area contributed by atoms with Crippen LogP contribution >= 0.6 is 11.3 Å². The molecule has 1 radical (unpaired) electrons. The van der Waals surface area contributed by atoms with Crippen molar-refractivity contribution in [1.29, 1.82) is 0 Å². The number of aromatic nitrogens is 1. The fraction of sp³-hybridized carbons (Fsp3) is 0.211. The summed E-state index contributed by atoms with van der Waals surface area (Å²) in [5, 5.41) is 18.6. The summed E-state index contributed by atoms with van der Waals surface area (Å²) < 4.78 is 1.26. The monoisotopic (exact) mass is 519 g/mol. The van der Waals surface area contributed by atoms with E-state index in [4.69, 9.17) is 10.2 Å². The number of pyridine rings is 1. The summed E-state index contributed by atoms with van der Waals surface area (Å²) in [6, 6.07) is 17.6. The zero-order valence-corrected chi connectivity index (χ0v) is 16.6. The van der Waals surface area contributed by atoms with Crippen LogP contribution in [0.2, 0.25) is 0 Å². The Bertz CT molecular complexity index is 710. The molecule has 1 aromatic carbocycles. The molecule has 24 heavy (non-hydrogen) atoms. The molecule has 0 saturated carbocycles. The first-order valence-electron chi connectivity index (χ1n) is 7.41. The largest absolute Gasteiger partial charge is 0.393 e. The average molecular weight is 519 g/mol. The molecule has 2 atom stereocenters. The van der Waals surface area contributed by atoms with Crippen LogP contribution in [-0.4, -0.2) is 27.4 Å². The molecule has 0 aliphatic rings. The third-order valence-corrected chi connectivity index (χ3v) is 4.19. The number of nitrogens with zero attached hydrogens (tertiary/aromatic N) is 1. The van der Waals surface area contributed by atoms with Gasteiger partial charge in [0.15, 0.2) is 0 Å². The van der Waals surface area contributed by atoms with Gasteiger partial charge in [0.05, 0.1) is 12.2 Å². The minimum atomic E-state index is -0.560. The number of fused-ring (bicyclic) bond motifs is 1. The average Bonchev–Trinajstić information content (AvgIpc) is 2.99. The minimum absolute atomic E-state index is 0. The van der Waals surface area contributed by atoms with Gasteiger partial charge in [-0.05, 0) is 22.6 Å². The van der Waals surface area contributed by atoms with E-state index < -0.39 is 12.2 Å². The molecule has 0 aliphatic carbocycles. The first-order valence-corrected chi connectivity index (χ1v) is 8.22. The molecule has 0 bridgehead atoms. The zero-order valence-electron chi connectivity index (χ0n) is 13.3. The SMILES string of the molecule is C=CC(O)CC(C)O.[Ir].[c-]1c(-c2ccccn2)sc2ccccc12. The molecule has 0 spiro atoms. The van der Waals surface area contributed by atoms with Crippen LogP contribution < -0.4 is 0 Å². The van der Waals surface area contributed by atoms with Crippen molar-refractivity contribution in [3.05, 3.63) is 67.4 Å². The summed E-state index contributed by atoms with van der Waals surface area (Å²) in [5.41, 5.74) is 0.999. The molecule has 0 amide bonds. The van der Waals surface area contributed by atoms with E-state index in [9.17, 15) is 0 Å². The third kappa shape index (κ3) is 6.27. The van der Waals surface area contributed by atoms with Crippen LogP contribution in [0.4, 0.5) is 0 Å². The Kier molecular flexibility index (Phi) is 9.04. The molecule has 2 heterocycles. The summed E-state index contributed by atoms with van der Waals surface area (Å²) in [6.45, 7) is 4.98. The van der Waals surface area contributed by atoms with Crippen molar-refractivity contribution in [2.45, 2.75) is 25.6 Å². The van der Waals surface area contributed by atoms with E-state index in [1.165, 1.54) is 16.2 Å². The first kappa shape index (κ1) is 20.7. The summed E-state index contributed by atoms with van der Waals surface area (Å²) in [6.07, 6.45) is 2.60. The smallest absolute Gasteiger partial charge is 0.0742 e.